The molecule has 0 radical (unpaired) electrons. The lowest BCUT2D eigenvalue weighted by Crippen LogP contribution is -2.20. The highest BCUT2D eigenvalue weighted by molar-refractivity contribution is 6.00. The largest absolute Gasteiger partial charge is 0.484 e. The van der Waals surface area contributed by atoms with Crippen molar-refractivity contribution in [2.75, 3.05) is 0 Å². The van der Waals surface area contributed by atoms with Gasteiger partial charge in [-0.2, -0.15) is 0 Å². The van der Waals surface area contributed by atoms with E-state index in [2.05, 4.69) is 0 Å². The first-order valence-corrected chi connectivity index (χ1v) is 6.59. The molecule has 0 aromatic heterocycles. The average Bonchev–Trinajstić information content (AvgIpc) is 2.48. The van der Waals surface area contributed by atoms with E-state index in [1.807, 2.05) is 13.0 Å². The summed E-state index contributed by atoms with van der Waals surface area (Å²) in [6.45, 7) is 1.92. The highest BCUT2D eigenvalue weighted by Crippen LogP contribution is 2.36. The van der Waals surface area contributed by atoms with Crippen LogP contribution in [0.4, 0.5) is 5.69 Å². The second-order valence-corrected chi connectivity index (χ2v) is 5.09. The van der Waals surface area contributed by atoms with Crippen molar-refractivity contribution >= 4 is 11.5 Å². The molecule has 1 aliphatic heterocycles. The van der Waals surface area contributed by atoms with Gasteiger partial charge in [-0.1, -0.05) is 23.8 Å². The number of carbonyl (C=O) groups excluding carboxylic acids is 1. The average molecular weight is 283 g/mol. The van der Waals surface area contributed by atoms with Gasteiger partial charge >= 0.3 is 0 Å². The van der Waals surface area contributed by atoms with Gasteiger partial charge in [-0.25, -0.2) is 0 Å². The molecule has 1 aliphatic rings. The number of benzene rings is 2. The molecule has 0 spiro atoms. The Labute approximate surface area is 121 Å². The van der Waals surface area contributed by atoms with E-state index in [0.717, 1.165) is 5.56 Å². The topological polar surface area (TPSA) is 69.4 Å². The van der Waals surface area contributed by atoms with Crippen molar-refractivity contribution in [1.29, 1.82) is 0 Å². The number of ketones is 1. The Balaban J connectivity index is 1.96. The number of rotatable bonds is 2. The minimum Gasteiger partial charge on any atom is -0.484 e. The molecule has 0 fully saturated rings. The van der Waals surface area contributed by atoms with Crippen molar-refractivity contribution in [1.82, 2.24) is 0 Å². The minimum absolute atomic E-state index is 0.00162. The Morgan fingerprint density at radius 1 is 1.24 bits per heavy atom. The van der Waals surface area contributed by atoms with Gasteiger partial charge in [-0.15, -0.1) is 0 Å². The summed E-state index contributed by atoms with van der Waals surface area (Å²) in [5.74, 6) is 0.532. The van der Waals surface area contributed by atoms with Gasteiger partial charge in [0.25, 0.3) is 5.69 Å². The van der Waals surface area contributed by atoms with E-state index in [1.54, 1.807) is 24.3 Å². The number of hydrogen-bond donors (Lipinski definition) is 0. The number of fused-ring (bicyclic) bond motifs is 1. The normalized spacial score (nSPS) is 17.0. The number of ether oxygens (including phenoxy) is 1. The van der Waals surface area contributed by atoms with Crippen LogP contribution in [-0.4, -0.2) is 10.7 Å². The van der Waals surface area contributed by atoms with Gasteiger partial charge in [0.2, 0.25) is 0 Å². The molecular formula is C16H13NO4. The van der Waals surface area contributed by atoms with Gasteiger partial charge in [0, 0.05) is 12.1 Å². The van der Waals surface area contributed by atoms with Crippen LogP contribution >= 0.6 is 0 Å². The third-order valence-corrected chi connectivity index (χ3v) is 3.53. The molecule has 1 atom stereocenters. The highest BCUT2D eigenvalue weighted by Gasteiger charge is 2.28. The number of non-ortho nitro benzene ring substituents is 1. The van der Waals surface area contributed by atoms with E-state index in [0.29, 0.717) is 16.9 Å². The molecule has 1 heterocycles. The fourth-order valence-corrected chi connectivity index (χ4v) is 2.46. The number of nitro benzene ring substituents is 1. The summed E-state index contributed by atoms with van der Waals surface area (Å²) < 4.78 is 5.83. The maximum absolute atomic E-state index is 12.2. The van der Waals surface area contributed by atoms with Crippen LogP contribution in [0.15, 0.2) is 42.5 Å². The quantitative estimate of drug-likeness (QED) is 0.623. The maximum Gasteiger partial charge on any atom is 0.269 e. The second kappa shape index (κ2) is 5.01. The van der Waals surface area contributed by atoms with Crippen LogP contribution in [0, 0.1) is 17.0 Å². The van der Waals surface area contributed by atoms with E-state index in [4.69, 9.17) is 4.74 Å². The van der Waals surface area contributed by atoms with E-state index < -0.39 is 11.0 Å². The van der Waals surface area contributed by atoms with E-state index >= 15 is 0 Å². The molecule has 5 nitrogen and oxygen atoms in total. The van der Waals surface area contributed by atoms with Crippen LogP contribution in [0.3, 0.4) is 0 Å². The number of Topliss-reactive ketones (excluding diaryl/α,β-unsaturated/α-hetero) is 1. The predicted octanol–water partition coefficient (Wildman–Crippen LogP) is 3.61. The summed E-state index contributed by atoms with van der Waals surface area (Å²) in [6.07, 6.45) is -0.287. The number of hydrogen-bond acceptors (Lipinski definition) is 4. The van der Waals surface area contributed by atoms with Crippen molar-refractivity contribution in [3.05, 3.63) is 69.3 Å². The smallest absolute Gasteiger partial charge is 0.269 e. The molecule has 21 heavy (non-hydrogen) atoms. The van der Waals surface area contributed by atoms with Gasteiger partial charge in [-0.3, -0.25) is 14.9 Å². The number of carbonyl (C=O) groups is 1. The predicted molar refractivity (Wildman–Crippen MR) is 76.6 cm³/mol. The summed E-state index contributed by atoms with van der Waals surface area (Å²) in [5.41, 5.74) is 2.22. The van der Waals surface area contributed by atoms with Crippen molar-refractivity contribution in [2.24, 2.45) is 0 Å². The SMILES string of the molecule is Cc1ccc2c(c1)C(=O)CC(c1cccc([N+](=O)[O-])c1)O2. The molecule has 1 unspecified atom stereocenters. The molecule has 106 valence electrons. The van der Waals surface area contributed by atoms with E-state index in [-0.39, 0.29) is 17.9 Å². The Morgan fingerprint density at radius 2 is 2.05 bits per heavy atom. The number of nitrogens with zero attached hydrogens (tertiary/aromatic N) is 1. The summed E-state index contributed by atoms with van der Waals surface area (Å²) in [5, 5.41) is 10.8. The zero-order valence-electron chi connectivity index (χ0n) is 11.4. The molecule has 0 bridgehead atoms. The van der Waals surface area contributed by atoms with Crippen LogP contribution in [-0.2, 0) is 0 Å². The number of nitro groups is 1. The highest BCUT2D eigenvalue weighted by atomic mass is 16.6. The Kier molecular flexibility index (Phi) is 3.17. The zero-order valence-corrected chi connectivity index (χ0v) is 11.4. The van der Waals surface area contributed by atoms with Gasteiger partial charge in [0.1, 0.15) is 11.9 Å². The summed E-state index contributed by atoms with van der Waals surface area (Å²) >= 11 is 0. The van der Waals surface area contributed by atoms with Gasteiger partial charge < -0.3 is 4.74 Å². The van der Waals surface area contributed by atoms with Crippen molar-refractivity contribution < 1.29 is 14.5 Å². The van der Waals surface area contributed by atoms with Crippen LogP contribution < -0.4 is 4.74 Å². The molecule has 5 heteroatoms. The Morgan fingerprint density at radius 3 is 2.81 bits per heavy atom. The van der Waals surface area contributed by atoms with E-state index in [1.165, 1.54) is 12.1 Å². The molecule has 0 N–H and O–H groups in total. The molecule has 0 amide bonds. The molecule has 0 saturated heterocycles. The standard InChI is InChI=1S/C16H13NO4/c1-10-5-6-15-13(7-10)14(18)9-16(21-15)11-3-2-4-12(8-11)17(19)20/h2-8,16H,9H2,1H3. The molecular weight excluding hydrogens is 270 g/mol. The van der Waals surface area contributed by atoms with Crippen LogP contribution in [0.5, 0.6) is 5.75 Å². The van der Waals surface area contributed by atoms with Gasteiger partial charge in [0.05, 0.1) is 16.9 Å². The molecule has 0 saturated carbocycles. The Hall–Kier alpha value is -2.69. The lowest BCUT2D eigenvalue weighted by atomic mass is 9.95. The fraction of sp³-hybridized carbons (Fsp3) is 0.188. The first kappa shape index (κ1) is 13.3. The first-order valence-electron chi connectivity index (χ1n) is 6.59. The Bertz CT molecular complexity index is 739. The summed E-state index contributed by atoms with van der Waals surface area (Å²) in [6, 6.07) is 11.7. The molecule has 2 aromatic carbocycles. The van der Waals surface area contributed by atoms with Crippen molar-refractivity contribution in [2.45, 2.75) is 19.4 Å². The molecule has 2 aromatic rings. The minimum atomic E-state index is -0.479. The van der Waals surface area contributed by atoms with Gasteiger partial charge in [0.15, 0.2) is 5.78 Å². The monoisotopic (exact) mass is 283 g/mol. The molecule has 0 aliphatic carbocycles. The zero-order chi connectivity index (χ0) is 15.0. The lowest BCUT2D eigenvalue weighted by Gasteiger charge is -2.25. The summed E-state index contributed by atoms with van der Waals surface area (Å²) in [7, 11) is 0. The lowest BCUT2D eigenvalue weighted by molar-refractivity contribution is -0.385. The number of aryl methyl sites for hydroxylation is 1. The van der Waals surface area contributed by atoms with Gasteiger partial charge in [-0.05, 0) is 24.6 Å². The third kappa shape index (κ3) is 2.50. The second-order valence-electron chi connectivity index (χ2n) is 5.09. The van der Waals surface area contributed by atoms with Crippen molar-refractivity contribution in [3.8, 4) is 5.75 Å². The molecule has 3 rings (SSSR count). The van der Waals surface area contributed by atoms with Crippen LogP contribution in [0.25, 0.3) is 0 Å². The first-order chi connectivity index (χ1) is 10.0. The maximum atomic E-state index is 12.2. The van der Waals surface area contributed by atoms with Crippen LogP contribution in [0.1, 0.15) is 34.0 Å². The fourth-order valence-electron chi connectivity index (χ4n) is 2.46. The third-order valence-electron chi connectivity index (χ3n) is 3.53. The summed E-state index contributed by atoms with van der Waals surface area (Å²) in [4.78, 5) is 22.6. The van der Waals surface area contributed by atoms with Crippen LogP contribution in [0.2, 0.25) is 0 Å². The van der Waals surface area contributed by atoms with E-state index in [9.17, 15) is 14.9 Å². The van der Waals surface area contributed by atoms with Crippen molar-refractivity contribution in [3.63, 3.8) is 0 Å².